The molecule has 19 heteroatoms. The van der Waals surface area contributed by atoms with Gasteiger partial charge in [0.15, 0.2) is 12.2 Å². The SMILES string of the molecule is CCC(C)CCCCCCCCCCCCC(=O)OC[C@H](COP(=O)(O)OC[C@@H](O)COP(=O)(O)OC[C@@H](COC(=O)CCCCCCCCC(C)CC)OC(=O)CCCCCCCCCCCC(C)C)OC(=O)CCCCCCCCCCCCC(C)CC. The van der Waals surface area contributed by atoms with E-state index >= 15 is 0 Å². The van der Waals surface area contributed by atoms with Crippen LogP contribution in [-0.2, 0) is 65.4 Å². The van der Waals surface area contributed by atoms with Gasteiger partial charge in [-0.05, 0) is 49.4 Å². The average molecular weight is 1330 g/mol. The molecule has 0 aromatic carbocycles. The standard InChI is InChI=1S/C71H138O17P2/c1-9-62(6)48-40-32-24-18-12-14-20-26-35-43-51-68(73)81-57-66(87-70(75)53-45-37-27-21-15-13-19-25-33-41-49-63(7)10-2)59-85-89(77,78)83-55-65(72)56-84-90(79,80)86-60-67(58-82-69(74)52-44-36-30-29-34-42-50-64(8)11-3)88-71(76)54-46-38-28-22-16-17-23-31-39-47-61(4)5/h61-67,72H,9-60H2,1-8H3,(H,77,78)(H,79,80)/t62?,63?,64?,65-,66-,67-/m1/s1. The van der Waals surface area contributed by atoms with E-state index in [1.54, 1.807) is 0 Å². The van der Waals surface area contributed by atoms with Gasteiger partial charge in [0.25, 0.3) is 0 Å². The lowest BCUT2D eigenvalue weighted by molar-refractivity contribution is -0.161. The van der Waals surface area contributed by atoms with Crippen molar-refractivity contribution in [2.24, 2.45) is 23.7 Å². The van der Waals surface area contributed by atoms with Crippen molar-refractivity contribution < 1.29 is 80.2 Å². The van der Waals surface area contributed by atoms with E-state index in [0.29, 0.717) is 25.7 Å². The van der Waals surface area contributed by atoms with Gasteiger partial charge in [-0.3, -0.25) is 37.3 Å². The van der Waals surface area contributed by atoms with Crippen LogP contribution >= 0.6 is 15.6 Å². The smallest absolute Gasteiger partial charge is 0.462 e. The Balaban J connectivity index is 5.28. The van der Waals surface area contributed by atoms with Crippen LogP contribution in [0.15, 0.2) is 0 Å². The van der Waals surface area contributed by atoms with Gasteiger partial charge in [-0.25, -0.2) is 9.13 Å². The molecule has 0 heterocycles. The Labute approximate surface area is 549 Å². The average Bonchev–Trinajstić information content (AvgIpc) is 2.94. The number of hydrogen-bond donors (Lipinski definition) is 3. The van der Waals surface area contributed by atoms with E-state index in [2.05, 4.69) is 55.4 Å². The predicted octanol–water partition coefficient (Wildman–Crippen LogP) is 20.1. The molecule has 0 fully saturated rings. The molecule has 0 spiro atoms. The minimum absolute atomic E-state index is 0.104. The summed E-state index contributed by atoms with van der Waals surface area (Å²) >= 11 is 0. The Morgan fingerprint density at radius 3 is 0.789 bits per heavy atom. The number of unbranched alkanes of at least 4 members (excludes halogenated alkanes) is 31. The Kier molecular flexibility index (Phi) is 59.4. The van der Waals surface area contributed by atoms with Crippen LogP contribution in [0, 0.1) is 23.7 Å². The summed E-state index contributed by atoms with van der Waals surface area (Å²) in [5, 5.41) is 10.6. The zero-order valence-corrected chi connectivity index (χ0v) is 60.6. The van der Waals surface area contributed by atoms with Gasteiger partial charge in [-0.2, -0.15) is 0 Å². The number of phosphoric ester groups is 2. The number of carbonyl (C=O) groups is 4. The number of rotatable bonds is 68. The van der Waals surface area contributed by atoms with Gasteiger partial charge in [0.2, 0.25) is 0 Å². The second-order valence-electron chi connectivity index (χ2n) is 26.8. The highest BCUT2D eigenvalue weighted by Crippen LogP contribution is 2.45. The summed E-state index contributed by atoms with van der Waals surface area (Å²) in [7, 11) is -9.91. The van der Waals surface area contributed by atoms with Crippen molar-refractivity contribution in [2.75, 3.05) is 39.6 Å². The van der Waals surface area contributed by atoms with Crippen molar-refractivity contribution in [3.63, 3.8) is 0 Å². The van der Waals surface area contributed by atoms with Crippen LogP contribution in [-0.4, -0.2) is 96.7 Å². The Hall–Kier alpha value is -1.94. The topological polar surface area (TPSA) is 237 Å². The maximum absolute atomic E-state index is 13.0. The monoisotopic (exact) mass is 1320 g/mol. The molecule has 0 aliphatic carbocycles. The zero-order chi connectivity index (χ0) is 66.8. The van der Waals surface area contributed by atoms with Crippen LogP contribution in [0.5, 0.6) is 0 Å². The van der Waals surface area contributed by atoms with Gasteiger partial charge in [-0.15, -0.1) is 0 Å². The second kappa shape index (κ2) is 60.7. The first kappa shape index (κ1) is 88.1. The molecule has 0 saturated heterocycles. The number of aliphatic hydroxyl groups excluding tert-OH is 1. The Morgan fingerprint density at radius 2 is 0.533 bits per heavy atom. The van der Waals surface area contributed by atoms with E-state index in [1.807, 2.05) is 0 Å². The normalized spacial score (nSPS) is 15.2. The van der Waals surface area contributed by atoms with E-state index < -0.39 is 97.5 Å². The highest BCUT2D eigenvalue weighted by atomic mass is 31.2. The third-order valence-corrected chi connectivity index (χ3v) is 19.3. The summed E-state index contributed by atoms with van der Waals surface area (Å²) in [6.07, 6.45) is 42.9. The Bertz CT molecular complexity index is 1790. The summed E-state index contributed by atoms with van der Waals surface area (Å²) in [5.74, 6) is 0.951. The van der Waals surface area contributed by atoms with Gasteiger partial charge < -0.3 is 33.8 Å². The summed E-state index contributed by atoms with van der Waals surface area (Å²) in [6, 6.07) is 0. The lowest BCUT2D eigenvalue weighted by Crippen LogP contribution is -2.30. The summed E-state index contributed by atoms with van der Waals surface area (Å²) in [4.78, 5) is 72.6. The van der Waals surface area contributed by atoms with Gasteiger partial charge in [0.1, 0.15) is 19.3 Å². The van der Waals surface area contributed by atoms with Crippen molar-refractivity contribution in [2.45, 2.75) is 369 Å². The number of hydrogen-bond acceptors (Lipinski definition) is 15. The maximum Gasteiger partial charge on any atom is 0.472 e. The fourth-order valence-electron chi connectivity index (χ4n) is 10.6. The van der Waals surface area contributed by atoms with E-state index in [9.17, 15) is 43.2 Å². The highest BCUT2D eigenvalue weighted by Gasteiger charge is 2.30. The zero-order valence-electron chi connectivity index (χ0n) is 58.8. The van der Waals surface area contributed by atoms with Crippen LogP contribution in [0.4, 0.5) is 0 Å². The lowest BCUT2D eigenvalue weighted by Gasteiger charge is -2.21. The molecular formula is C71H138O17P2. The molecule has 0 rings (SSSR count). The molecule has 90 heavy (non-hydrogen) atoms. The number of phosphoric acid groups is 2. The molecule has 0 aliphatic rings. The first-order chi connectivity index (χ1) is 43.2. The highest BCUT2D eigenvalue weighted by molar-refractivity contribution is 7.47. The molecular weight excluding hydrogens is 1190 g/mol. The first-order valence-electron chi connectivity index (χ1n) is 36.8. The van der Waals surface area contributed by atoms with Gasteiger partial charge in [0.05, 0.1) is 26.4 Å². The lowest BCUT2D eigenvalue weighted by atomic mass is 9.99. The molecule has 17 nitrogen and oxygen atoms in total. The molecule has 5 unspecified atom stereocenters. The fraction of sp³-hybridized carbons (Fsp3) is 0.944. The van der Waals surface area contributed by atoms with E-state index in [4.69, 9.17) is 37.0 Å². The molecule has 3 N–H and O–H groups in total. The van der Waals surface area contributed by atoms with Crippen LogP contribution in [0.1, 0.15) is 351 Å². The third kappa shape index (κ3) is 61.0. The van der Waals surface area contributed by atoms with Gasteiger partial charge >= 0.3 is 39.5 Å². The van der Waals surface area contributed by atoms with Gasteiger partial charge in [0, 0.05) is 25.7 Å². The summed E-state index contributed by atoms with van der Waals surface area (Å²) in [6.45, 7) is 14.1. The quantitative estimate of drug-likeness (QED) is 0.0222. The summed E-state index contributed by atoms with van der Waals surface area (Å²) < 4.78 is 68.3. The molecule has 0 aromatic rings. The van der Waals surface area contributed by atoms with Crippen molar-refractivity contribution in [1.82, 2.24) is 0 Å². The maximum atomic E-state index is 13.0. The number of esters is 4. The second-order valence-corrected chi connectivity index (χ2v) is 29.7. The molecule has 0 aliphatic heterocycles. The Morgan fingerprint density at radius 1 is 0.311 bits per heavy atom. The first-order valence-corrected chi connectivity index (χ1v) is 39.8. The predicted molar refractivity (Wildman–Crippen MR) is 363 cm³/mol. The molecule has 8 atom stereocenters. The van der Waals surface area contributed by atoms with Crippen molar-refractivity contribution >= 4 is 39.5 Å². The van der Waals surface area contributed by atoms with Crippen molar-refractivity contribution in [1.29, 1.82) is 0 Å². The molecule has 0 aromatic heterocycles. The van der Waals surface area contributed by atoms with E-state index in [0.717, 1.165) is 120 Å². The molecule has 534 valence electrons. The minimum atomic E-state index is -4.95. The van der Waals surface area contributed by atoms with E-state index in [1.165, 1.54) is 148 Å². The third-order valence-electron chi connectivity index (χ3n) is 17.4. The molecule has 0 saturated carbocycles. The molecule has 0 amide bonds. The van der Waals surface area contributed by atoms with Crippen molar-refractivity contribution in [3.05, 3.63) is 0 Å². The molecule has 0 bridgehead atoms. The minimum Gasteiger partial charge on any atom is -0.462 e. The van der Waals surface area contributed by atoms with Crippen molar-refractivity contribution in [3.8, 4) is 0 Å². The number of aliphatic hydroxyl groups is 1. The van der Waals surface area contributed by atoms with Crippen LogP contribution in [0.3, 0.4) is 0 Å². The molecule has 0 radical (unpaired) electrons. The summed E-state index contributed by atoms with van der Waals surface area (Å²) in [5.41, 5.74) is 0. The number of carbonyl (C=O) groups excluding carboxylic acids is 4. The van der Waals surface area contributed by atoms with Crippen LogP contribution in [0.25, 0.3) is 0 Å². The number of ether oxygens (including phenoxy) is 4. The van der Waals surface area contributed by atoms with Crippen LogP contribution < -0.4 is 0 Å². The van der Waals surface area contributed by atoms with E-state index in [-0.39, 0.29) is 25.7 Å². The fourth-order valence-corrected chi connectivity index (χ4v) is 12.1. The largest absolute Gasteiger partial charge is 0.472 e. The van der Waals surface area contributed by atoms with Crippen LogP contribution in [0.2, 0.25) is 0 Å². The van der Waals surface area contributed by atoms with Gasteiger partial charge in [-0.1, -0.05) is 299 Å².